The first-order chi connectivity index (χ1) is 11.2. The fourth-order valence-electron chi connectivity index (χ4n) is 3.40. The first-order valence-corrected chi connectivity index (χ1v) is 8.47. The van der Waals surface area contributed by atoms with Crippen molar-refractivity contribution in [1.82, 2.24) is 10.2 Å². The van der Waals surface area contributed by atoms with Crippen LogP contribution in [0, 0.1) is 0 Å². The summed E-state index contributed by atoms with van der Waals surface area (Å²) in [7, 11) is 0. The van der Waals surface area contributed by atoms with Crippen LogP contribution in [-0.4, -0.2) is 42.5 Å². The summed E-state index contributed by atoms with van der Waals surface area (Å²) in [5.41, 5.74) is 1.02. The maximum atomic E-state index is 12.7. The number of hydrogen-bond acceptors (Lipinski definition) is 3. The smallest absolute Gasteiger partial charge is 0.223 e. The van der Waals surface area contributed by atoms with Gasteiger partial charge >= 0.3 is 0 Å². The van der Waals surface area contributed by atoms with Crippen LogP contribution in [0.25, 0.3) is 0 Å². The lowest BCUT2D eigenvalue weighted by atomic mass is 10.0. The molecule has 2 saturated heterocycles. The molecule has 124 valence electrons. The Balaban J connectivity index is 1.70. The van der Waals surface area contributed by atoms with E-state index in [4.69, 9.17) is 4.74 Å². The maximum Gasteiger partial charge on any atom is 0.223 e. The molecule has 0 radical (unpaired) electrons. The molecule has 2 fully saturated rings. The van der Waals surface area contributed by atoms with Gasteiger partial charge in [-0.2, -0.15) is 0 Å². The zero-order chi connectivity index (χ0) is 16.1. The number of ether oxygens (including phenoxy) is 1. The highest BCUT2D eigenvalue weighted by atomic mass is 16.5. The Morgan fingerprint density at radius 3 is 2.87 bits per heavy atom. The number of nitrogens with one attached hydrogen (secondary N) is 1. The van der Waals surface area contributed by atoms with Crippen LogP contribution in [-0.2, 0) is 14.3 Å². The first kappa shape index (κ1) is 16.0. The Kier molecular flexibility index (Phi) is 5.28. The molecule has 1 N–H and O–H groups in total. The van der Waals surface area contributed by atoms with Crippen molar-refractivity contribution >= 4 is 11.8 Å². The minimum Gasteiger partial charge on any atom is -0.378 e. The molecule has 5 heteroatoms. The van der Waals surface area contributed by atoms with E-state index < -0.39 is 0 Å². The normalized spacial score (nSPS) is 25.0. The van der Waals surface area contributed by atoms with Crippen LogP contribution in [0.5, 0.6) is 0 Å². The van der Waals surface area contributed by atoms with Crippen molar-refractivity contribution in [3.63, 3.8) is 0 Å². The summed E-state index contributed by atoms with van der Waals surface area (Å²) in [6, 6.07) is 9.66. The lowest BCUT2D eigenvalue weighted by Gasteiger charge is -2.30. The van der Waals surface area contributed by atoms with Crippen molar-refractivity contribution < 1.29 is 14.3 Å². The van der Waals surface area contributed by atoms with Crippen LogP contribution in [0.2, 0.25) is 0 Å². The van der Waals surface area contributed by atoms with E-state index >= 15 is 0 Å². The van der Waals surface area contributed by atoms with Gasteiger partial charge < -0.3 is 15.0 Å². The third-order valence-electron chi connectivity index (χ3n) is 4.64. The number of nitrogens with zero attached hydrogens (tertiary/aromatic N) is 1. The van der Waals surface area contributed by atoms with E-state index in [9.17, 15) is 9.59 Å². The molecular weight excluding hydrogens is 292 g/mol. The zero-order valence-corrected chi connectivity index (χ0v) is 13.4. The highest BCUT2D eigenvalue weighted by molar-refractivity contribution is 5.81. The average molecular weight is 316 g/mol. The lowest BCUT2D eigenvalue weighted by Crippen LogP contribution is -2.36. The summed E-state index contributed by atoms with van der Waals surface area (Å²) < 4.78 is 5.61. The summed E-state index contributed by atoms with van der Waals surface area (Å²) in [4.78, 5) is 26.5. The standard InChI is InChI=1S/C18H24N2O3/c21-17-13-16(14-5-2-1-3-6-14)20(11-10-19-17)18(22)9-8-15-7-4-12-23-15/h1-3,5-6,15-16H,4,7-13H2,(H,19,21)/t15-,16-/m0/s1. The predicted molar refractivity (Wildman–Crippen MR) is 86.7 cm³/mol. The van der Waals surface area contributed by atoms with Crippen molar-refractivity contribution in [2.75, 3.05) is 19.7 Å². The molecule has 0 unspecified atom stereocenters. The van der Waals surface area contributed by atoms with Gasteiger partial charge in [-0.15, -0.1) is 0 Å². The van der Waals surface area contributed by atoms with Crippen molar-refractivity contribution in [3.8, 4) is 0 Å². The summed E-state index contributed by atoms with van der Waals surface area (Å²) in [6.07, 6.45) is 3.96. The van der Waals surface area contributed by atoms with Gasteiger partial charge in [0.05, 0.1) is 18.6 Å². The van der Waals surface area contributed by atoms with Gasteiger partial charge in [0.15, 0.2) is 0 Å². The van der Waals surface area contributed by atoms with E-state index in [1.807, 2.05) is 35.2 Å². The van der Waals surface area contributed by atoms with Crippen molar-refractivity contribution in [2.24, 2.45) is 0 Å². The maximum absolute atomic E-state index is 12.7. The minimum atomic E-state index is -0.171. The SMILES string of the molecule is O=C1C[C@@H](c2ccccc2)N(C(=O)CC[C@@H]2CCCO2)CCN1. The van der Waals surface area contributed by atoms with E-state index in [0.717, 1.165) is 31.4 Å². The molecule has 0 aromatic heterocycles. The zero-order valence-electron chi connectivity index (χ0n) is 13.4. The predicted octanol–water partition coefficient (Wildman–Crippen LogP) is 2.04. The van der Waals surface area contributed by atoms with Crippen molar-refractivity contribution in [3.05, 3.63) is 35.9 Å². The summed E-state index contributed by atoms with van der Waals surface area (Å²) in [5, 5.41) is 2.87. The monoisotopic (exact) mass is 316 g/mol. The van der Waals surface area contributed by atoms with Crippen LogP contribution in [0.1, 0.15) is 43.7 Å². The van der Waals surface area contributed by atoms with Gasteiger partial charge in [0.1, 0.15) is 0 Å². The summed E-state index contributed by atoms with van der Waals surface area (Å²) in [5.74, 6) is 0.124. The fourth-order valence-corrected chi connectivity index (χ4v) is 3.40. The molecule has 1 aromatic rings. The Hall–Kier alpha value is -1.88. The second-order valence-electron chi connectivity index (χ2n) is 6.24. The summed E-state index contributed by atoms with van der Waals surface area (Å²) in [6.45, 7) is 1.90. The Morgan fingerprint density at radius 2 is 2.13 bits per heavy atom. The third kappa shape index (κ3) is 4.10. The number of rotatable bonds is 4. The van der Waals surface area contributed by atoms with Gasteiger partial charge in [-0.1, -0.05) is 30.3 Å². The molecule has 0 bridgehead atoms. The van der Waals surface area contributed by atoms with Crippen LogP contribution >= 0.6 is 0 Å². The van der Waals surface area contributed by atoms with E-state index in [1.165, 1.54) is 0 Å². The molecular formula is C18H24N2O3. The fraction of sp³-hybridized carbons (Fsp3) is 0.556. The molecule has 0 aliphatic carbocycles. The lowest BCUT2D eigenvalue weighted by molar-refractivity contribution is -0.134. The second kappa shape index (κ2) is 7.59. The third-order valence-corrected chi connectivity index (χ3v) is 4.64. The van der Waals surface area contributed by atoms with E-state index in [2.05, 4.69) is 5.32 Å². The van der Waals surface area contributed by atoms with E-state index in [0.29, 0.717) is 25.9 Å². The molecule has 0 saturated carbocycles. The van der Waals surface area contributed by atoms with Crippen LogP contribution in [0.15, 0.2) is 30.3 Å². The molecule has 2 aliphatic rings. The van der Waals surface area contributed by atoms with Gasteiger partial charge in [-0.05, 0) is 24.8 Å². The largest absolute Gasteiger partial charge is 0.378 e. The van der Waals surface area contributed by atoms with Gasteiger partial charge in [0.2, 0.25) is 11.8 Å². The molecule has 2 amide bonds. The first-order valence-electron chi connectivity index (χ1n) is 8.47. The number of carbonyl (C=O) groups excluding carboxylic acids is 2. The van der Waals surface area contributed by atoms with Gasteiger partial charge in [-0.3, -0.25) is 9.59 Å². The Bertz CT molecular complexity index is 540. The van der Waals surface area contributed by atoms with Crippen LogP contribution in [0.3, 0.4) is 0 Å². The molecule has 3 rings (SSSR count). The Morgan fingerprint density at radius 1 is 1.30 bits per heavy atom. The molecule has 23 heavy (non-hydrogen) atoms. The van der Waals surface area contributed by atoms with Crippen molar-refractivity contribution in [1.29, 1.82) is 0 Å². The van der Waals surface area contributed by atoms with Crippen LogP contribution in [0.4, 0.5) is 0 Å². The molecule has 2 heterocycles. The average Bonchev–Trinajstić information content (AvgIpc) is 3.01. The van der Waals surface area contributed by atoms with Gasteiger partial charge in [-0.25, -0.2) is 0 Å². The topological polar surface area (TPSA) is 58.6 Å². The Labute approximate surface area is 137 Å². The number of benzene rings is 1. The number of hydrogen-bond donors (Lipinski definition) is 1. The molecule has 2 atom stereocenters. The number of amides is 2. The number of carbonyl (C=O) groups is 2. The molecule has 1 aromatic carbocycles. The van der Waals surface area contributed by atoms with Gasteiger partial charge in [0.25, 0.3) is 0 Å². The molecule has 5 nitrogen and oxygen atoms in total. The van der Waals surface area contributed by atoms with E-state index in [1.54, 1.807) is 0 Å². The quantitative estimate of drug-likeness (QED) is 0.925. The van der Waals surface area contributed by atoms with E-state index in [-0.39, 0.29) is 24.0 Å². The van der Waals surface area contributed by atoms with Crippen molar-refractivity contribution in [2.45, 2.75) is 44.2 Å². The molecule has 0 spiro atoms. The van der Waals surface area contributed by atoms with Gasteiger partial charge in [0, 0.05) is 26.1 Å². The highest BCUT2D eigenvalue weighted by Gasteiger charge is 2.30. The summed E-state index contributed by atoms with van der Waals surface area (Å²) >= 11 is 0. The highest BCUT2D eigenvalue weighted by Crippen LogP contribution is 2.27. The minimum absolute atomic E-state index is 0.00767. The second-order valence-corrected chi connectivity index (χ2v) is 6.24. The molecule has 2 aliphatic heterocycles. The van der Waals surface area contributed by atoms with Crippen LogP contribution < -0.4 is 5.32 Å².